The summed E-state index contributed by atoms with van der Waals surface area (Å²) in [6, 6.07) is -0.350. The molecule has 2 aromatic rings. The van der Waals surface area contributed by atoms with Gasteiger partial charge in [0.15, 0.2) is 5.15 Å². The summed E-state index contributed by atoms with van der Waals surface area (Å²) >= 11 is 6.21. The van der Waals surface area contributed by atoms with Crippen molar-refractivity contribution in [2.75, 3.05) is 31.7 Å². The number of hydrogen-bond acceptors (Lipinski definition) is 6. The average molecular weight is 356 g/mol. The predicted molar refractivity (Wildman–Crippen MR) is 86.3 cm³/mol. The van der Waals surface area contributed by atoms with E-state index in [0.29, 0.717) is 36.3 Å². The normalized spacial score (nSPS) is 28.2. The topological polar surface area (TPSA) is 73.6 Å². The van der Waals surface area contributed by atoms with Crippen LogP contribution in [0.4, 0.5) is 10.3 Å². The molecule has 0 aliphatic carbocycles. The summed E-state index contributed by atoms with van der Waals surface area (Å²) in [5, 5.41) is 7.92. The second-order valence-electron chi connectivity index (χ2n) is 6.18. The van der Waals surface area contributed by atoms with Crippen LogP contribution in [0, 0.1) is 0 Å². The molecule has 1 unspecified atom stereocenters. The fourth-order valence-electron chi connectivity index (χ4n) is 3.18. The lowest BCUT2D eigenvalue weighted by Crippen LogP contribution is -2.39. The van der Waals surface area contributed by atoms with Gasteiger partial charge in [0.05, 0.1) is 25.5 Å². The third kappa shape index (κ3) is 3.05. The van der Waals surface area contributed by atoms with Crippen LogP contribution in [0.2, 0.25) is 5.15 Å². The standard InChI is InChI=1S/C15H19ClFN5O2/c16-13-12-6-18-15(19-11-3-5-24-8-10(11)17)21-22(12)14(20-13)9-2-1-4-23-7-9/h6,9-11H,1-5,7-8H2,(H,19,21)/t9?,10-,11-/m1/s1. The molecule has 2 aliphatic heterocycles. The number of fused-ring (bicyclic) bond motifs is 1. The van der Waals surface area contributed by atoms with Gasteiger partial charge in [-0.05, 0) is 19.3 Å². The Morgan fingerprint density at radius 2 is 2.12 bits per heavy atom. The van der Waals surface area contributed by atoms with E-state index in [9.17, 15) is 4.39 Å². The van der Waals surface area contributed by atoms with Gasteiger partial charge in [-0.2, -0.15) is 0 Å². The van der Waals surface area contributed by atoms with Crippen molar-refractivity contribution in [2.24, 2.45) is 0 Å². The van der Waals surface area contributed by atoms with Gasteiger partial charge < -0.3 is 14.8 Å². The Morgan fingerprint density at radius 1 is 1.25 bits per heavy atom. The number of aromatic nitrogens is 4. The fourth-order valence-corrected chi connectivity index (χ4v) is 3.39. The number of nitrogens with zero attached hydrogens (tertiary/aromatic N) is 4. The Kier molecular flexibility index (Phi) is 4.51. The molecular weight excluding hydrogens is 337 g/mol. The van der Waals surface area contributed by atoms with Crippen LogP contribution in [-0.2, 0) is 9.47 Å². The lowest BCUT2D eigenvalue weighted by Gasteiger charge is -2.26. The van der Waals surface area contributed by atoms with E-state index in [2.05, 4.69) is 20.4 Å². The Labute approximate surface area is 143 Å². The number of alkyl halides is 1. The Balaban J connectivity index is 1.63. The molecule has 7 nitrogen and oxygen atoms in total. The molecule has 0 bridgehead atoms. The van der Waals surface area contributed by atoms with E-state index in [4.69, 9.17) is 21.1 Å². The monoisotopic (exact) mass is 355 g/mol. The molecule has 0 spiro atoms. The van der Waals surface area contributed by atoms with Crippen molar-refractivity contribution in [1.29, 1.82) is 0 Å². The summed E-state index contributed by atoms with van der Waals surface area (Å²) in [5.41, 5.74) is 0.645. The van der Waals surface area contributed by atoms with Crippen molar-refractivity contribution in [3.05, 3.63) is 17.2 Å². The van der Waals surface area contributed by atoms with Gasteiger partial charge in [-0.1, -0.05) is 11.6 Å². The van der Waals surface area contributed by atoms with Gasteiger partial charge in [0.25, 0.3) is 0 Å². The van der Waals surface area contributed by atoms with Gasteiger partial charge in [0, 0.05) is 19.1 Å². The lowest BCUT2D eigenvalue weighted by molar-refractivity contribution is 0.0284. The summed E-state index contributed by atoms with van der Waals surface area (Å²) in [6.45, 7) is 2.01. The Bertz CT molecular complexity index is 721. The van der Waals surface area contributed by atoms with Crippen molar-refractivity contribution in [1.82, 2.24) is 19.6 Å². The molecule has 9 heteroatoms. The first-order valence-corrected chi connectivity index (χ1v) is 8.57. The first-order valence-electron chi connectivity index (χ1n) is 8.19. The average Bonchev–Trinajstić information content (AvgIpc) is 2.94. The van der Waals surface area contributed by atoms with E-state index in [1.807, 2.05) is 0 Å². The van der Waals surface area contributed by atoms with Crippen LogP contribution in [0.3, 0.4) is 0 Å². The summed E-state index contributed by atoms with van der Waals surface area (Å²) < 4.78 is 26.3. The molecular formula is C15H19ClFN5O2. The highest BCUT2D eigenvalue weighted by Gasteiger charge is 2.27. The first-order chi connectivity index (χ1) is 11.7. The zero-order valence-electron chi connectivity index (χ0n) is 13.1. The highest BCUT2D eigenvalue weighted by Crippen LogP contribution is 2.28. The third-order valence-electron chi connectivity index (χ3n) is 4.50. The van der Waals surface area contributed by atoms with Gasteiger partial charge in [-0.15, -0.1) is 5.10 Å². The highest BCUT2D eigenvalue weighted by atomic mass is 35.5. The van der Waals surface area contributed by atoms with Crippen LogP contribution in [0.5, 0.6) is 0 Å². The first kappa shape index (κ1) is 16.0. The lowest BCUT2D eigenvalue weighted by atomic mass is 10.0. The van der Waals surface area contributed by atoms with Crippen LogP contribution in [0.1, 0.15) is 31.0 Å². The van der Waals surface area contributed by atoms with Crippen molar-refractivity contribution in [3.63, 3.8) is 0 Å². The maximum atomic E-state index is 13.9. The van der Waals surface area contributed by atoms with Crippen molar-refractivity contribution in [2.45, 2.75) is 37.4 Å². The molecule has 3 atom stereocenters. The SMILES string of the molecule is F[C@@H]1COCC[C@H]1Nc1ncc2c(Cl)nc(C3CCCOC3)n2n1. The minimum absolute atomic E-state index is 0.0987. The second-order valence-corrected chi connectivity index (χ2v) is 6.54. The number of rotatable bonds is 3. The molecule has 1 N–H and O–H groups in total. The summed E-state index contributed by atoms with van der Waals surface area (Å²) in [5.74, 6) is 1.28. The quantitative estimate of drug-likeness (QED) is 0.910. The Hall–Kier alpha value is -1.51. The van der Waals surface area contributed by atoms with E-state index in [1.54, 1.807) is 10.7 Å². The van der Waals surface area contributed by atoms with Crippen LogP contribution >= 0.6 is 11.6 Å². The number of hydrogen-bond donors (Lipinski definition) is 1. The molecule has 0 radical (unpaired) electrons. The maximum Gasteiger partial charge on any atom is 0.241 e. The summed E-state index contributed by atoms with van der Waals surface area (Å²) in [4.78, 5) is 8.69. The van der Waals surface area contributed by atoms with Crippen molar-refractivity contribution in [3.8, 4) is 0 Å². The molecule has 130 valence electrons. The van der Waals surface area contributed by atoms with E-state index in [1.165, 1.54) is 0 Å². The van der Waals surface area contributed by atoms with Gasteiger partial charge in [0.2, 0.25) is 5.95 Å². The van der Waals surface area contributed by atoms with Gasteiger partial charge in [-0.3, -0.25) is 0 Å². The number of halogens is 2. The fraction of sp³-hybridized carbons (Fsp3) is 0.667. The minimum atomic E-state index is -1.07. The van der Waals surface area contributed by atoms with Gasteiger partial charge in [0.1, 0.15) is 17.5 Å². The van der Waals surface area contributed by atoms with Crippen molar-refractivity contribution < 1.29 is 13.9 Å². The van der Waals surface area contributed by atoms with Crippen LogP contribution < -0.4 is 5.32 Å². The highest BCUT2D eigenvalue weighted by molar-refractivity contribution is 6.32. The van der Waals surface area contributed by atoms with Crippen LogP contribution in [-0.4, -0.2) is 58.2 Å². The number of anilines is 1. The summed E-state index contributed by atoms with van der Waals surface area (Å²) in [6.07, 6.45) is 3.09. The van der Waals surface area contributed by atoms with Gasteiger partial charge in [-0.25, -0.2) is 18.9 Å². The molecule has 0 aromatic carbocycles. The molecule has 2 aliphatic rings. The van der Waals surface area contributed by atoms with Crippen LogP contribution in [0.15, 0.2) is 6.20 Å². The third-order valence-corrected chi connectivity index (χ3v) is 4.78. The molecule has 2 saturated heterocycles. The van der Waals surface area contributed by atoms with Gasteiger partial charge >= 0.3 is 0 Å². The molecule has 24 heavy (non-hydrogen) atoms. The number of ether oxygens (including phenoxy) is 2. The smallest absolute Gasteiger partial charge is 0.241 e. The predicted octanol–water partition coefficient (Wildman–Crippen LogP) is 2.21. The molecule has 0 amide bonds. The van der Waals surface area contributed by atoms with E-state index in [-0.39, 0.29) is 18.6 Å². The zero-order valence-corrected chi connectivity index (χ0v) is 13.9. The maximum absolute atomic E-state index is 13.9. The molecule has 2 aromatic heterocycles. The zero-order chi connectivity index (χ0) is 16.5. The number of imidazole rings is 1. The van der Waals surface area contributed by atoms with E-state index in [0.717, 1.165) is 25.3 Å². The number of nitrogens with one attached hydrogen (secondary N) is 1. The Morgan fingerprint density at radius 3 is 2.92 bits per heavy atom. The summed E-state index contributed by atoms with van der Waals surface area (Å²) in [7, 11) is 0. The van der Waals surface area contributed by atoms with Crippen molar-refractivity contribution >= 4 is 23.1 Å². The second kappa shape index (κ2) is 6.78. The largest absolute Gasteiger partial charge is 0.381 e. The van der Waals surface area contributed by atoms with E-state index < -0.39 is 6.17 Å². The minimum Gasteiger partial charge on any atom is -0.381 e. The molecule has 4 heterocycles. The van der Waals surface area contributed by atoms with Crippen LogP contribution in [0.25, 0.3) is 5.52 Å². The molecule has 4 rings (SSSR count). The molecule has 2 fully saturated rings. The molecule has 0 saturated carbocycles. The van der Waals surface area contributed by atoms with E-state index >= 15 is 0 Å².